The molecule has 0 aliphatic heterocycles. The number of benzene rings is 1. The van der Waals surface area contributed by atoms with Crippen molar-refractivity contribution in [2.24, 2.45) is 0 Å². The van der Waals surface area contributed by atoms with Crippen LogP contribution in [-0.2, 0) is 6.42 Å². The van der Waals surface area contributed by atoms with Crippen LogP contribution in [0.3, 0.4) is 0 Å². The van der Waals surface area contributed by atoms with E-state index in [2.05, 4.69) is 54.2 Å². The smallest absolute Gasteiger partial charge is 0.0456 e. The summed E-state index contributed by atoms with van der Waals surface area (Å²) in [4.78, 5) is 6.02. The van der Waals surface area contributed by atoms with Crippen LogP contribution in [0.2, 0.25) is 0 Å². The van der Waals surface area contributed by atoms with Gasteiger partial charge in [-0.05, 0) is 44.7 Å². The van der Waals surface area contributed by atoms with Gasteiger partial charge >= 0.3 is 0 Å². The van der Waals surface area contributed by atoms with E-state index in [4.69, 9.17) is 0 Å². The van der Waals surface area contributed by atoms with Gasteiger partial charge in [0.15, 0.2) is 0 Å². The molecule has 0 saturated heterocycles. The molecule has 0 atom stereocenters. The number of rotatable bonds is 5. The van der Waals surface area contributed by atoms with Crippen molar-refractivity contribution in [2.45, 2.75) is 45.2 Å². The normalized spacial score (nSPS) is 16.0. The molecule has 1 N–H and O–H groups in total. The van der Waals surface area contributed by atoms with Crippen molar-refractivity contribution < 1.29 is 0 Å². The minimum absolute atomic E-state index is 0.669. The van der Waals surface area contributed by atoms with Crippen molar-refractivity contribution in [2.75, 3.05) is 6.54 Å². The van der Waals surface area contributed by atoms with E-state index in [1.165, 1.54) is 35.9 Å². The second kappa shape index (κ2) is 4.77. The number of nitrogens with zero attached hydrogens (tertiary/aromatic N) is 1. The van der Waals surface area contributed by atoms with Gasteiger partial charge in [-0.15, -0.1) is 0 Å². The van der Waals surface area contributed by atoms with Gasteiger partial charge in [0.1, 0.15) is 0 Å². The van der Waals surface area contributed by atoms with Crippen molar-refractivity contribution in [1.82, 2.24) is 9.88 Å². The Morgan fingerprint density at radius 1 is 1.28 bits per heavy atom. The number of nitrogens with one attached hydrogen (secondary N) is 1. The van der Waals surface area contributed by atoms with Gasteiger partial charge < -0.3 is 4.98 Å². The molecule has 0 bridgehead atoms. The number of H-pyrrole nitrogens is 1. The topological polar surface area (TPSA) is 19.0 Å². The zero-order chi connectivity index (χ0) is 12.5. The summed E-state index contributed by atoms with van der Waals surface area (Å²) in [6, 6.07) is 10.1. The summed E-state index contributed by atoms with van der Waals surface area (Å²) in [5.41, 5.74) is 2.71. The summed E-state index contributed by atoms with van der Waals surface area (Å²) in [6.07, 6.45) is 6.12. The molecular formula is C16H22N2. The van der Waals surface area contributed by atoms with Crippen LogP contribution in [0.5, 0.6) is 0 Å². The highest BCUT2D eigenvalue weighted by molar-refractivity contribution is 5.83. The predicted molar refractivity (Wildman–Crippen MR) is 76.9 cm³/mol. The van der Waals surface area contributed by atoms with E-state index in [-0.39, 0.29) is 0 Å². The molecule has 1 aromatic carbocycles. The highest BCUT2D eigenvalue weighted by atomic mass is 15.2. The molecule has 1 saturated carbocycles. The molecule has 1 aliphatic carbocycles. The molecule has 0 radical (unpaired) electrons. The van der Waals surface area contributed by atoms with E-state index in [0.29, 0.717) is 6.04 Å². The Morgan fingerprint density at radius 2 is 2.06 bits per heavy atom. The van der Waals surface area contributed by atoms with Crippen LogP contribution in [-0.4, -0.2) is 28.5 Å². The van der Waals surface area contributed by atoms with Crippen LogP contribution >= 0.6 is 0 Å². The van der Waals surface area contributed by atoms with Gasteiger partial charge in [-0.1, -0.05) is 18.2 Å². The summed E-state index contributed by atoms with van der Waals surface area (Å²) >= 11 is 0. The molecule has 18 heavy (non-hydrogen) atoms. The van der Waals surface area contributed by atoms with Crippen LogP contribution in [0.4, 0.5) is 0 Å². The monoisotopic (exact) mass is 242 g/mol. The fourth-order valence-electron chi connectivity index (χ4n) is 2.86. The van der Waals surface area contributed by atoms with Gasteiger partial charge in [0.2, 0.25) is 0 Å². The van der Waals surface area contributed by atoms with Crippen LogP contribution in [0.1, 0.15) is 32.3 Å². The summed E-state index contributed by atoms with van der Waals surface area (Å²) in [6.45, 7) is 5.81. The summed E-state index contributed by atoms with van der Waals surface area (Å²) in [5.74, 6) is 0. The van der Waals surface area contributed by atoms with Gasteiger partial charge in [0, 0.05) is 35.7 Å². The second-order valence-corrected chi connectivity index (χ2v) is 5.67. The molecule has 0 unspecified atom stereocenters. The fourth-order valence-corrected chi connectivity index (χ4v) is 2.86. The first-order valence-electron chi connectivity index (χ1n) is 7.06. The van der Waals surface area contributed by atoms with Crippen molar-refractivity contribution in [1.29, 1.82) is 0 Å². The standard InChI is InChI=1S/C16H22N2/c1-12(2)18(14-7-8-14)10-9-13-11-17-16-6-4-3-5-15(13)16/h3-6,11-12,14,17H,7-10H2,1-2H3. The van der Waals surface area contributed by atoms with E-state index in [9.17, 15) is 0 Å². The first-order valence-corrected chi connectivity index (χ1v) is 7.06. The third kappa shape index (κ3) is 2.30. The Bertz CT molecular complexity index is 521. The minimum atomic E-state index is 0.669. The second-order valence-electron chi connectivity index (χ2n) is 5.67. The lowest BCUT2D eigenvalue weighted by Crippen LogP contribution is -2.34. The number of fused-ring (bicyclic) bond motifs is 1. The lowest BCUT2D eigenvalue weighted by Gasteiger charge is -2.26. The Hall–Kier alpha value is -1.28. The molecule has 2 nitrogen and oxygen atoms in total. The van der Waals surface area contributed by atoms with Gasteiger partial charge in [0.25, 0.3) is 0 Å². The Morgan fingerprint density at radius 3 is 2.78 bits per heavy atom. The molecule has 0 spiro atoms. The predicted octanol–water partition coefficient (Wildman–Crippen LogP) is 3.58. The van der Waals surface area contributed by atoms with Crippen LogP contribution in [0, 0.1) is 0 Å². The average molecular weight is 242 g/mol. The van der Waals surface area contributed by atoms with Gasteiger partial charge in [-0.2, -0.15) is 0 Å². The zero-order valence-corrected chi connectivity index (χ0v) is 11.3. The van der Waals surface area contributed by atoms with E-state index in [1.807, 2.05) is 0 Å². The van der Waals surface area contributed by atoms with E-state index >= 15 is 0 Å². The zero-order valence-electron chi connectivity index (χ0n) is 11.3. The number of hydrogen-bond donors (Lipinski definition) is 1. The maximum Gasteiger partial charge on any atom is 0.0456 e. The quantitative estimate of drug-likeness (QED) is 0.849. The summed E-state index contributed by atoms with van der Waals surface area (Å²) < 4.78 is 0. The molecule has 2 heteroatoms. The minimum Gasteiger partial charge on any atom is -0.361 e. The van der Waals surface area contributed by atoms with Crippen molar-refractivity contribution in [3.05, 3.63) is 36.0 Å². The van der Waals surface area contributed by atoms with Crippen molar-refractivity contribution >= 4 is 10.9 Å². The highest BCUT2D eigenvalue weighted by Gasteiger charge is 2.30. The molecule has 3 rings (SSSR count). The van der Waals surface area contributed by atoms with Crippen LogP contribution < -0.4 is 0 Å². The maximum absolute atomic E-state index is 3.37. The van der Waals surface area contributed by atoms with Crippen molar-refractivity contribution in [3.8, 4) is 0 Å². The van der Waals surface area contributed by atoms with Gasteiger partial charge in [-0.25, -0.2) is 0 Å². The third-order valence-electron chi connectivity index (χ3n) is 3.99. The first-order chi connectivity index (χ1) is 8.75. The lowest BCUT2D eigenvalue weighted by atomic mass is 10.1. The molecule has 0 amide bonds. The highest BCUT2D eigenvalue weighted by Crippen LogP contribution is 2.29. The molecule has 1 heterocycles. The largest absolute Gasteiger partial charge is 0.361 e. The summed E-state index contributed by atoms with van der Waals surface area (Å²) in [7, 11) is 0. The molecule has 2 aromatic rings. The summed E-state index contributed by atoms with van der Waals surface area (Å²) in [5, 5.41) is 1.39. The fraction of sp³-hybridized carbons (Fsp3) is 0.500. The van der Waals surface area contributed by atoms with Crippen molar-refractivity contribution in [3.63, 3.8) is 0 Å². The molecule has 96 valence electrons. The Balaban J connectivity index is 1.72. The number of aromatic amines is 1. The molecule has 1 aliphatic rings. The number of aromatic nitrogens is 1. The van der Waals surface area contributed by atoms with Crippen LogP contribution in [0.15, 0.2) is 30.5 Å². The number of para-hydroxylation sites is 1. The third-order valence-corrected chi connectivity index (χ3v) is 3.99. The van der Waals surface area contributed by atoms with Crippen LogP contribution in [0.25, 0.3) is 10.9 Å². The van der Waals surface area contributed by atoms with E-state index in [0.717, 1.165) is 12.5 Å². The van der Waals surface area contributed by atoms with E-state index < -0.39 is 0 Å². The maximum atomic E-state index is 3.37. The molecule has 1 aromatic heterocycles. The van der Waals surface area contributed by atoms with E-state index in [1.54, 1.807) is 0 Å². The first kappa shape index (κ1) is 11.8. The average Bonchev–Trinajstić information content (AvgIpc) is 3.11. The lowest BCUT2D eigenvalue weighted by molar-refractivity contribution is 0.214. The van der Waals surface area contributed by atoms with Gasteiger partial charge in [-0.3, -0.25) is 4.90 Å². The molecular weight excluding hydrogens is 220 g/mol. The molecule has 1 fully saturated rings. The number of hydrogen-bond acceptors (Lipinski definition) is 1. The Labute approximate surface area is 109 Å². The SMILES string of the molecule is CC(C)N(CCc1c[nH]c2ccccc12)C1CC1. The Kier molecular flexibility index (Phi) is 3.13. The van der Waals surface area contributed by atoms with Gasteiger partial charge in [0.05, 0.1) is 0 Å².